The molecule has 1 aromatic carbocycles. The molecule has 3 rings (SSSR count). The lowest BCUT2D eigenvalue weighted by molar-refractivity contribution is 0.125. The first-order valence-electron chi connectivity index (χ1n) is 11.8. The summed E-state index contributed by atoms with van der Waals surface area (Å²) in [4.78, 5) is 10.1. The minimum Gasteiger partial charge on any atom is -0.497 e. The average molecular weight is 416 g/mol. The van der Waals surface area contributed by atoms with E-state index in [1.807, 2.05) is 0 Å². The molecule has 0 saturated carbocycles. The Kier molecular flexibility index (Phi) is 8.82. The van der Waals surface area contributed by atoms with E-state index in [2.05, 4.69) is 65.6 Å². The van der Waals surface area contributed by atoms with E-state index in [9.17, 15) is 0 Å². The number of methoxy groups -OCH3 is 1. The summed E-state index contributed by atoms with van der Waals surface area (Å²) >= 11 is 0. The van der Waals surface area contributed by atoms with E-state index in [0.717, 1.165) is 44.4 Å². The van der Waals surface area contributed by atoms with Crippen LogP contribution in [-0.2, 0) is 0 Å². The van der Waals surface area contributed by atoms with Crippen molar-refractivity contribution in [1.29, 1.82) is 0 Å². The van der Waals surface area contributed by atoms with Crippen LogP contribution in [0.4, 0.5) is 0 Å². The summed E-state index contributed by atoms with van der Waals surface area (Å²) in [6, 6.07) is 9.61. The number of likely N-dealkylation sites (N-methyl/N-ethyl adjacent to an activating group) is 1. The molecule has 30 heavy (non-hydrogen) atoms. The molecule has 0 spiro atoms. The molecule has 0 aromatic heterocycles. The second kappa shape index (κ2) is 11.6. The first-order valence-corrected chi connectivity index (χ1v) is 11.8. The Bertz CT molecular complexity index is 662. The number of nitrogens with zero attached hydrogens (tertiary/aromatic N) is 3. The number of guanidine groups is 1. The van der Waals surface area contributed by atoms with Crippen molar-refractivity contribution >= 4 is 5.96 Å². The largest absolute Gasteiger partial charge is 0.497 e. The molecule has 0 amide bonds. The maximum absolute atomic E-state index is 5.35. The van der Waals surface area contributed by atoms with Gasteiger partial charge in [0.1, 0.15) is 5.75 Å². The van der Waals surface area contributed by atoms with Gasteiger partial charge in [0.05, 0.1) is 7.11 Å². The highest BCUT2D eigenvalue weighted by Gasteiger charge is 2.30. The SMILES string of the molecule is CCNC(=NCC1CCCN(C)C1c1ccc(OC)cc1)NCC1CCCN1CC. The van der Waals surface area contributed by atoms with Crippen molar-refractivity contribution in [3.05, 3.63) is 29.8 Å². The first kappa shape index (κ1) is 22.9. The third-order valence-electron chi connectivity index (χ3n) is 6.70. The summed E-state index contributed by atoms with van der Waals surface area (Å²) in [5, 5.41) is 7.06. The topological polar surface area (TPSA) is 52.1 Å². The lowest BCUT2D eigenvalue weighted by Gasteiger charge is -2.39. The molecule has 2 heterocycles. The summed E-state index contributed by atoms with van der Waals surface area (Å²) < 4.78 is 5.35. The Labute approximate surface area is 183 Å². The van der Waals surface area contributed by atoms with Gasteiger partial charge in [0.2, 0.25) is 0 Å². The molecule has 1 aromatic rings. The van der Waals surface area contributed by atoms with Gasteiger partial charge in [-0.15, -0.1) is 0 Å². The molecule has 0 radical (unpaired) electrons. The molecule has 2 aliphatic rings. The van der Waals surface area contributed by atoms with Crippen molar-refractivity contribution in [3.8, 4) is 5.75 Å². The summed E-state index contributed by atoms with van der Waals surface area (Å²) in [7, 11) is 3.97. The predicted octanol–water partition coefficient (Wildman–Crippen LogP) is 3.12. The second-order valence-corrected chi connectivity index (χ2v) is 8.63. The van der Waals surface area contributed by atoms with Gasteiger partial charge >= 0.3 is 0 Å². The molecule has 2 aliphatic heterocycles. The van der Waals surface area contributed by atoms with Crippen molar-refractivity contribution in [2.24, 2.45) is 10.9 Å². The number of nitrogens with one attached hydrogen (secondary N) is 2. The Hall–Kier alpha value is -1.79. The normalized spacial score (nSPS) is 26.0. The summed E-state index contributed by atoms with van der Waals surface area (Å²) in [5.74, 6) is 2.40. The van der Waals surface area contributed by atoms with Crippen LogP contribution in [-0.4, -0.2) is 75.2 Å². The van der Waals surface area contributed by atoms with E-state index in [1.165, 1.54) is 37.8 Å². The molecular weight excluding hydrogens is 374 g/mol. The number of likely N-dealkylation sites (tertiary alicyclic amines) is 2. The fourth-order valence-corrected chi connectivity index (χ4v) is 5.09. The van der Waals surface area contributed by atoms with Crippen LogP contribution in [0.1, 0.15) is 51.1 Å². The number of piperidine rings is 1. The minimum atomic E-state index is 0.404. The highest BCUT2D eigenvalue weighted by atomic mass is 16.5. The van der Waals surface area contributed by atoms with Crippen LogP contribution < -0.4 is 15.4 Å². The number of ether oxygens (including phenoxy) is 1. The predicted molar refractivity (Wildman–Crippen MR) is 125 cm³/mol. The van der Waals surface area contributed by atoms with Gasteiger partial charge in [0, 0.05) is 31.7 Å². The summed E-state index contributed by atoms with van der Waals surface area (Å²) in [6.45, 7) is 10.6. The Morgan fingerprint density at radius 3 is 2.57 bits per heavy atom. The van der Waals surface area contributed by atoms with E-state index in [1.54, 1.807) is 7.11 Å². The lowest BCUT2D eigenvalue weighted by Crippen LogP contribution is -2.45. The van der Waals surface area contributed by atoms with E-state index in [0.29, 0.717) is 18.0 Å². The highest BCUT2D eigenvalue weighted by molar-refractivity contribution is 5.79. The van der Waals surface area contributed by atoms with Gasteiger partial charge in [-0.05, 0) is 82.9 Å². The fourth-order valence-electron chi connectivity index (χ4n) is 5.09. The number of hydrogen-bond acceptors (Lipinski definition) is 4. The van der Waals surface area contributed by atoms with E-state index in [4.69, 9.17) is 9.73 Å². The van der Waals surface area contributed by atoms with Crippen LogP contribution in [0.15, 0.2) is 29.3 Å². The Balaban J connectivity index is 1.65. The first-order chi connectivity index (χ1) is 14.7. The van der Waals surface area contributed by atoms with Crippen molar-refractivity contribution in [3.63, 3.8) is 0 Å². The van der Waals surface area contributed by atoms with Crippen molar-refractivity contribution < 1.29 is 4.74 Å². The molecule has 0 bridgehead atoms. The van der Waals surface area contributed by atoms with Crippen LogP contribution in [0.3, 0.4) is 0 Å². The van der Waals surface area contributed by atoms with Crippen LogP contribution in [0, 0.1) is 5.92 Å². The number of rotatable bonds is 8. The third-order valence-corrected chi connectivity index (χ3v) is 6.70. The molecular formula is C24H41N5O. The second-order valence-electron chi connectivity index (χ2n) is 8.63. The standard InChI is InChI=1S/C24H41N5O/c1-5-25-24(27-18-21-10-8-16-29(21)6-2)26-17-20-9-7-15-28(3)23(20)19-11-13-22(30-4)14-12-19/h11-14,20-21,23H,5-10,15-18H2,1-4H3,(H2,25,26,27). The smallest absolute Gasteiger partial charge is 0.191 e. The van der Waals surface area contributed by atoms with Crippen molar-refractivity contribution in [1.82, 2.24) is 20.4 Å². The fraction of sp³-hybridized carbons (Fsp3) is 0.708. The van der Waals surface area contributed by atoms with E-state index in [-0.39, 0.29) is 0 Å². The minimum absolute atomic E-state index is 0.404. The molecule has 2 N–H and O–H groups in total. The lowest BCUT2D eigenvalue weighted by atomic mass is 9.85. The van der Waals surface area contributed by atoms with Gasteiger partial charge in [-0.2, -0.15) is 0 Å². The molecule has 6 heteroatoms. The van der Waals surface area contributed by atoms with E-state index >= 15 is 0 Å². The number of hydrogen-bond donors (Lipinski definition) is 2. The zero-order valence-corrected chi connectivity index (χ0v) is 19.4. The highest BCUT2D eigenvalue weighted by Crippen LogP contribution is 2.35. The van der Waals surface area contributed by atoms with Crippen molar-refractivity contribution in [2.75, 3.05) is 53.4 Å². The van der Waals surface area contributed by atoms with Gasteiger partial charge in [-0.25, -0.2) is 0 Å². The quantitative estimate of drug-likeness (QED) is 0.505. The Morgan fingerprint density at radius 2 is 1.87 bits per heavy atom. The van der Waals surface area contributed by atoms with Gasteiger partial charge < -0.3 is 15.4 Å². The van der Waals surface area contributed by atoms with Gasteiger partial charge in [0.25, 0.3) is 0 Å². The number of aliphatic imine (C=N–C) groups is 1. The molecule has 168 valence electrons. The zero-order chi connectivity index (χ0) is 21.3. The molecule has 2 saturated heterocycles. The average Bonchev–Trinajstić information content (AvgIpc) is 3.23. The monoisotopic (exact) mass is 415 g/mol. The van der Waals surface area contributed by atoms with Crippen LogP contribution >= 0.6 is 0 Å². The summed E-state index contributed by atoms with van der Waals surface area (Å²) in [5.41, 5.74) is 1.36. The maximum atomic E-state index is 5.35. The molecule has 3 atom stereocenters. The zero-order valence-electron chi connectivity index (χ0n) is 19.4. The van der Waals surface area contributed by atoms with Gasteiger partial charge in [-0.3, -0.25) is 14.8 Å². The van der Waals surface area contributed by atoms with Crippen LogP contribution in [0.5, 0.6) is 5.75 Å². The van der Waals surface area contributed by atoms with Gasteiger partial charge in [0.15, 0.2) is 5.96 Å². The van der Waals surface area contributed by atoms with Crippen LogP contribution in [0.25, 0.3) is 0 Å². The maximum Gasteiger partial charge on any atom is 0.191 e. The van der Waals surface area contributed by atoms with E-state index < -0.39 is 0 Å². The third kappa shape index (κ3) is 5.88. The number of benzene rings is 1. The van der Waals surface area contributed by atoms with Gasteiger partial charge in [-0.1, -0.05) is 19.1 Å². The molecule has 2 fully saturated rings. The Morgan fingerprint density at radius 1 is 1.10 bits per heavy atom. The molecule has 0 aliphatic carbocycles. The van der Waals surface area contributed by atoms with Crippen LogP contribution in [0.2, 0.25) is 0 Å². The summed E-state index contributed by atoms with van der Waals surface area (Å²) in [6.07, 6.45) is 5.05. The van der Waals surface area contributed by atoms with Crippen molar-refractivity contribution in [2.45, 2.75) is 51.6 Å². The molecule has 3 unspecified atom stereocenters. The molecule has 6 nitrogen and oxygen atoms in total.